The van der Waals surface area contributed by atoms with Crippen LogP contribution in [0.15, 0.2) is 9.95 Å². The Kier molecular flexibility index (Phi) is 6.36. The Labute approximate surface area is 106 Å². The lowest BCUT2D eigenvalue weighted by molar-refractivity contribution is 0.557. The maximum Gasteiger partial charge on any atom is 0.343 e. The zero-order chi connectivity index (χ0) is 12.7. The molecule has 0 aromatic carbocycles. The smallest absolute Gasteiger partial charge is 0.313 e. The summed E-state index contributed by atoms with van der Waals surface area (Å²) >= 11 is 1.64. The molecule has 2 N–H and O–H groups in total. The van der Waals surface area contributed by atoms with Gasteiger partial charge in [0.15, 0.2) is 5.16 Å². The first-order valence-electron chi connectivity index (χ1n) is 6.24. The van der Waals surface area contributed by atoms with Crippen molar-refractivity contribution in [3.8, 4) is 0 Å². The van der Waals surface area contributed by atoms with Crippen LogP contribution in [-0.2, 0) is 6.54 Å². The summed E-state index contributed by atoms with van der Waals surface area (Å²) in [6.45, 7) is 8.03. The van der Waals surface area contributed by atoms with Crippen molar-refractivity contribution in [1.82, 2.24) is 20.1 Å². The van der Waals surface area contributed by atoms with Crippen LogP contribution in [0.3, 0.4) is 0 Å². The second-order valence-corrected chi connectivity index (χ2v) is 4.92. The minimum atomic E-state index is -0.106. The molecule has 0 fully saturated rings. The van der Waals surface area contributed by atoms with Crippen molar-refractivity contribution in [1.29, 1.82) is 0 Å². The van der Waals surface area contributed by atoms with E-state index in [1.807, 2.05) is 0 Å². The minimum Gasteiger partial charge on any atom is -0.313 e. The fraction of sp³-hybridized carbons (Fsp3) is 0.818. The van der Waals surface area contributed by atoms with Gasteiger partial charge in [0.05, 0.1) is 0 Å². The average Bonchev–Trinajstić information content (AvgIpc) is 2.67. The molecule has 17 heavy (non-hydrogen) atoms. The van der Waals surface area contributed by atoms with Gasteiger partial charge in [-0.15, -0.1) is 5.10 Å². The molecule has 5 nitrogen and oxygen atoms in total. The van der Waals surface area contributed by atoms with E-state index >= 15 is 0 Å². The second kappa shape index (κ2) is 7.55. The minimum absolute atomic E-state index is 0.106. The second-order valence-electron chi connectivity index (χ2n) is 3.94. The standard InChI is InChI=1S/C11H22N4OS/c1-4-7-15-10(16)13-14-11(15)17-8-9(5-2)12-6-3/h9,12H,4-8H2,1-3H3,(H,13,16). The maximum absolute atomic E-state index is 11.5. The Hall–Kier alpha value is -0.750. The van der Waals surface area contributed by atoms with Crippen molar-refractivity contribution in [2.45, 2.75) is 51.4 Å². The van der Waals surface area contributed by atoms with Gasteiger partial charge in [0, 0.05) is 18.3 Å². The largest absolute Gasteiger partial charge is 0.343 e. The number of aromatic nitrogens is 3. The number of rotatable bonds is 8. The zero-order valence-corrected chi connectivity index (χ0v) is 11.6. The van der Waals surface area contributed by atoms with Gasteiger partial charge in [-0.3, -0.25) is 4.57 Å². The van der Waals surface area contributed by atoms with Crippen molar-refractivity contribution in [3.05, 3.63) is 10.5 Å². The summed E-state index contributed by atoms with van der Waals surface area (Å²) in [7, 11) is 0. The summed E-state index contributed by atoms with van der Waals surface area (Å²) in [6.07, 6.45) is 2.03. The van der Waals surface area contributed by atoms with Gasteiger partial charge in [-0.05, 0) is 19.4 Å². The van der Waals surface area contributed by atoms with E-state index in [1.54, 1.807) is 16.3 Å². The molecule has 6 heteroatoms. The summed E-state index contributed by atoms with van der Waals surface area (Å²) in [5.74, 6) is 0.943. The maximum atomic E-state index is 11.5. The topological polar surface area (TPSA) is 62.7 Å². The molecule has 0 saturated heterocycles. The number of hydrogen-bond donors (Lipinski definition) is 2. The number of H-pyrrole nitrogens is 1. The highest BCUT2D eigenvalue weighted by molar-refractivity contribution is 7.99. The highest BCUT2D eigenvalue weighted by atomic mass is 32.2. The first-order chi connectivity index (χ1) is 8.22. The van der Waals surface area contributed by atoms with Crippen LogP contribution >= 0.6 is 11.8 Å². The van der Waals surface area contributed by atoms with Crippen LogP contribution in [0.2, 0.25) is 0 Å². The molecular weight excluding hydrogens is 236 g/mol. The first kappa shape index (κ1) is 14.3. The molecule has 1 heterocycles. The third-order valence-corrected chi connectivity index (χ3v) is 3.71. The highest BCUT2D eigenvalue weighted by Gasteiger charge is 2.11. The van der Waals surface area contributed by atoms with Crippen LogP contribution in [0.25, 0.3) is 0 Å². The van der Waals surface area contributed by atoms with Crippen LogP contribution < -0.4 is 11.0 Å². The molecule has 0 saturated carbocycles. The molecule has 1 aromatic heterocycles. The number of thioether (sulfide) groups is 1. The Morgan fingerprint density at radius 3 is 2.82 bits per heavy atom. The van der Waals surface area contributed by atoms with Crippen molar-refractivity contribution in [2.75, 3.05) is 12.3 Å². The molecule has 98 valence electrons. The summed E-state index contributed by atoms with van der Waals surface area (Å²) in [4.78, 5) is 11.5. The summed E-state index contributed by atoms with van der Waals surface area (Å²) in [5.41, 5.74) is -0.106. The van der Waals surface area contributed by atoms with Gasteiger partial charge in [-0.25, -0.2) is 9.89 Å². The van der Waals surface area contributed by atoms with Gasteiger partial charge >= 0.3 is 5.69 Å². The van der Waals surface area contributed by atoms with Crippen molar-refractivity contribution in [2.24, 2.45) is 0 Å². The fourth-order valence-electron chi connectivity index (χ4n) is 1.62. The van der Waals surface area contributed by atoms with Gasteiger partial charge in [0.25, 0.3) is 0 Å². The lowest BCUT2D eigenvalue weighted by atomic mass is 10.2. The highest BCUT2D eigenvalue weighted by Crippen LogP contribution is 2.15. The molecule has 0 aliphatic rings. The van der Waals surface area contributed by atoms with Crippen LogP contribution in [0.5, 0.6) is 0 Å². The summed E-state index contributed by atoms with van der Waals surface area (Å²) in [6, 6.07) is 0.479. The number of aromatic amines is 1. The average molecular weight is 258 g/mol. The van der Waals surface area contributed by atoms with Crippen LogP contribution in [0.1, 0.15) is 33.6 Å². The Morgan fingerprint density at radius 1 is 1.47 bits per heavy atom. The molecular formula is C11H22N4OS. The molecule has 1 unspecified atom stereocenters. The zero-order valence-electron chi connectivity index (χ0n) is 10.8. The molecule has 1 atom stereocenters. The third-order valence-electron chi connectivity index (χ3n) is 2.57. The monoisotopic (exact) mass is 258 g/mol. The molecule has 0 amide bonds. The molecule has 0 aliphatic carbocycles. The normalized spacial score (nSPS) is 12.9. The van der Waals surface area contributed by atoms with Gasteiger partial charge in [-0.1, -0.05) is 32.5 Å². The Morgan fingerprint density at radius 2 is 2.24 bits per heavy atom. The van der Waals surface area contributed by atoms with Gasteiger partial charge < -0.3 is 5.32 Å². The molecule has 0 radical (unpaired) electrons. The molecule has 1 aromatic rings. The molecule has 0 bridgehead atoms. The van der Waals surface area contributed by atoms with E-state index in [0.29, 0.717) is 6.04 Å². The van der Waals surface area contributed by atoms with E-state index < -0.39 is 0 Å². The predicted octanol–water partition coefficient (Wildman–Crippen LogP) is 1.46. The summed E-state index contributed by atoms with van der Waals surface area (Å²) in [5, 5.41) is 10.8. The SMILES string of the molecule is CCCn1c(SCC(CC)NCC)n[nH]c1=O. The van der Waals surface area contributed by atoms with E-state index in [0.717, 1.165) is 36.8 Å². The molecule has 0 spiro atoms. The van der Waals surface area contributed by atoms with Gasteiger partial charge in [0.1, 0.15) is 0 Å². The lowest BCUT2D eigenvalue weighted by Crippen LogP contribution is -2.30. The summed E-state index contributed by atoms with van der Waals surface area (Å²) < 4.78 is 1.71. The van der Waals surface area contributed by atoms with E-state index in [1.165, 1.54) is 0 Å². The Bertz CT molecular complexity index is 374. The lowest BCUT2D eigenvalue weighted by Gasteiger charge is -2.14. The number of nitrogens with one attached hydrogen (secondary N) is 2. The number of nitrogens with zero attached hydrogens (tertiary/aromatic N) is 2. The van der Waals surface area contributed by atoms with E-state index in [9.17, 15) is 4.79 Å². The van der Waals surface area contributed by atoms with E-state index in [-0.39, 0.29) is 5.69 Å². The Balaban J connectivity index is 2.58. The van der Waals surface area contributed by atoms with Crippen LogP contribution in [0, 0.1) is 0 Å². The van der Waals surface area contributed by atoms with Crippen molar-refractivity contribution < 1.29 is 0 Å². The quantitative estimate of drug-likeness (QED) is 0.693. The fourth-order valence-corrected chi connectivity index (χ4v) is 2.76. The van der Waals surface area contributed by atoms with Crippen LogP contribution in [-0.4, -0.2) is 33.1 Å². The van der Waals surface area contributed by atoms with Crippen molar-refractivity contribution >= 4 is 11.8 Å². The van der Waals surface area contributed by atoms with Gasteiger partial charge in [-0.2, -0.15) is 0 Å². The number of hydrogen-bond acceptors (Lipinski definition) is 4. The first-order valence-corrected chi connectivity index (χ1v) is 7.22. The third kappa shape index (κ3) is 4.20. The van der Waals surface area contributed by atoms with E-state index in [4.69, 9.17) is 0 Å². The predicted molar refractivity (Wildman–Crippen MR) is 71.6 cm³/mol. The molecule has 1 rings (SSSR count). The van der Waals surface area contributed by atoms with Crippen LogP contribution in [0.4, 0.5) is 0 Å². The van der Waals surface area contributed by atoms with E-state index in [2.05, 4.69) is 36.3 Å². The van der Waals surface area contributed by atoms with Gasteiger partial charge in [0.2, 0.25) is 0 Å². The van der Waals surface area contributed by atoms with Crippen molar-refractivity contribution in [3.63, 3.8) is 0 Å². The molecule has 0 aliphatic heterocycles.